The predicted octanol–water partition coefficient (Wildman–Crippen LogP) is 8.29. The third-order valence-electron chi connectivity index (χ3n) is 7.72. The molecule has 2 amide bonds. The van der Waals surface area contributed by atoms with Crippen LogP contribution in [0.1, 0.15) is 57.5 Å². The first-order valence-electron chi connectivity index (χ1n) is 17.2. The van der Waals surface area contributed by atoms with Crippen molar-refractivity contribution in [3.05, 3.63) is 114 Å². The lowest BCUT2D eigenvalue weighted by atomic mass is 10.0. The van der Waals surface area contributed by atoms with E-state index in [2.05, 4.69) is 27.1 Å². The van der Waals surface area contributed by atoms with Gasteiger partial charge in [0.05, 0.1) is 17.4 Å². The zero-order valence-electron chi connectivity index (χ0n) is 30.5. The number of nitrogens with one attached hydrogen (secondary N) is 3. The van der Waals surface area contributed by atoms with Crippen molar-refractivity contribution in [3.63, 3.8) is 0 Å². The Morgan fingerprint density at radius 3 is 2.13 bits per heavy atom. The van der Waals surface area contributed by atoms with Gasteiger partial charge in [0.25, 0.3) is 5.91 Å². The lowest BCUT2D eigenvalue weighted by Gasteiger charge is -2.19. The maximum atomic E-state index is 12.9. The summed E-state index contributed by atoms with van der Waals surface area (Å²) in [5.41, 5.74) is 4.07. The number of carbonyl (C=O) groups is 3. The highest BCUT2D eigenvalue weighted by Crippen LogP contribution is 2.29. The average molecular weight is 715 g/mol. The second kappa shape index (κ2) is 15.0. The number of carbonyl (C=O) groups excluding carboxylic acids is 3. The Bertz CT molecular complexity index is 2270. The first-order chi connectivity index (χ1) is 25.2. The molecule has 4 aromatic carbocycles. The monoisotopic (exact) mass is 714 g/mol. The van der Waals surface area contributed by atoms with Crippen LogP contribution in [0.2, 0.25) is 0 Å². The third-order valence-corrected chi connectivity index (χ3v) is 7.72. The van der Waals surface area contributed by atoms with E-state index in [9.17, 15) is 14.4 Å². The fourth-order valence-electron chi connectivity index (χ4n) is 5.38. The largest absolute Gasteiger partial charge is 0.482 e. The Kier molecular flexibility index (Phi) is 10.3. The predicted molar refractivity (Wildman–Crippen MR) is 204 cm³/mol. The van der Waals surface area contributed by atoms with Gasteiger partial charge in [-0.25, -0.2) is 19.1 Å². The van der Waals surface area contributed by atoms with E-state index in [0.29, 0.717) is 22.9 Å². The summed E-state index contributed by atoms with van der Waals surface area (Å²) >= 11 is 0. The highest BCUT2D eigenvalue weighted by atomic mass is 16.6. The summed E-state index contributed by atoms with van der Waals surface area (Å²) in [6.07, 6.45) is 1.22. The van der Waals surface area contributed by atoms with Gasteiger partial charge in [0.1, 0.15) is 17.0 Å². The highest BCUT2D eigenvalue weighted by molar-refractivity contribution is 6.04. The van der Waals surface area contributed by atoms with Crippen molar-refractivity contribution in [2.45, 2.75) is 59.3 Å². The van der Waals surface area contributed by atoms with Gasteiger partial charge in [-0.1, -0.05) is 30.3 Å². The smallest absolute Gasteiger partial charge is 0.407 e. The number of ether oxygens (including phenoxy) is 3. The van der Waals surface area contributed by atoms with Crippen LogP contribution in [-0.4, -0.2) is 50.4 Å². The second-order valence-electron chi connectivity index (χ2n) is 14.4. The molecule has 6 rings (SSSR count). The molecule has 2 heterocycles. The molecule has 272 valence electrons. The topological polar surface area (TPSA) is 145 Å². The van der Waals surface area contributed by atoms with Crippen molar-refractivity contribution in [2.24, 2.45) is 0 Å². The van der Waals surface area contributed by atoms with Crippen LogP contribution in [0.15, 0.2) is 103 Å². The van der Waals surface area contributed by atoms with Gasteiger partial charge in [0, 0.05) is 29.0 Å². The standard InChI is InChI=1S/C41H42N6O6/c1-40(2,3)52-36(48)25-51-34-18-13-28-21-30(12-11-29(28)22-34)35-23-33-19-20-43-47(33)38(46-35)45-32-16-14-31(15-17-32)44-37(49)27-9-7-26(8-10-27)24-42-39(50)53-41(4,5)6/h7-23H,24-25H2,1-6H3,(H,42,50)(H,44,49)(H,45,46). The van der Waals surface area contributed by atoms with Crippen molar-refractivity contribution in [3.8, 4) is 17.0 Å². The second-order valence-corrected chi connectivity index (χ2v) is 14.4. The van der Waals surface area contributed by atoms with Crippen molar-refractivity contribution >= 4 is 51.6 Å². The van der Waals surface area contributed by atoms with Crippen LogP contribution in [-0.2, 0) is 20.8 Å². The van der Waals surface area contributed by atoms with Gasteiger partial charge >= 0.3 is 12.1 Å². The van der Waals surface area contributed by atoms with Crippen LogP contribution in [0.25, 0.3) is 27.5 Å². The molecule has 53 heavy (non-hydrogen) atoms. The van der Waals surface area contributed by atoms with E-state index in [-0.39, 0.29) is 19.1 Å². The molecule has 12 nitrogen and oxygen atoms in total. The average Bonchev–Trinajstić information content (AvgIpc) is 3.58. The van der Waals surface area contributed by atoms with E-state index in [1.807, 2.05) is 75.4 Å². The van der Waals surface area contributed by atoms with E-state index in [0.717, 1.165) is 38.8 Å². The summed E-state index contributed by atoms with van der Waals surface area (Å²) < 4.78 is 18.0. The molecule has 0 spiro atoms. The SMILES string of the molecule is CC(C)(C)OC(=O)COc1ccc2cc(-c3cc4ccnn4c(Nc4ccc(NC(=O)c5ccc(CNC(=O)OC(C)(C)C)cc5)cc4)n3)ccc2c1. The van der Waals surface area contributed by atoms with Crippen molar-refractivity contribution < 1.29 is 28.6 Å². The van der Waals surface area contributed by atoms with Crippen LogP contribution >= 0.6 is 0 Å². The van der Waals surface area contributed by atoms with Gasteiger partial charge < -0.3 is 30.2 Å². The van der Waals surface area contributed by atoms with Crippen molar-refractivity contribution in [1.82, 2.24) is 19.9 Å². The Balaban J connectivity index is 1.10. The molecule has 0 saturated heterocycles. The van der Waals surface area contributed by atoms with Crippen molar-refractivity contribution in [1.29, 1.82) is 0 Å². The zero-order valence-corrected chi connectivity index (χ0v) is 30.5. The normalized spacial score (nSPS) is 11.6. The molecular formula is C41H42N6O6. The minimum absolute atomic E-state index is 0.170. The van der Waals surface area contributed by atoms with E-state index in [4.69, 9.17) is 19.2 Å². The summed E-state index contributed by atoms with van der Waals surface area (Å²) in [5.74, 6) is 0.413. The van der Waals surface area contributed by atoms with E-state index in [1.54, 1.807) is 67.9 Å². The fraction of sp³-hybridized carbons (Fsp3) is 0.244. The molecule has 0 aliphatic carbocycles. The number of alkyl carbamates (subject to hydrolysis) is 1. The number of amides is 2. The zero-order chi connectivity index (χ0) is 37.8. The van der Waals surface area contributed by atoms with E-state index >= 15 is 0 Å². The van der Waals surface area contributed by atoms with Gasteiger partial charge in [-0.3, -0.25) is 4.79 Å². The van der Waals surface area contributed by atoms with Gasteiger partial charge in [0.15, 0.2) is 6.61 Å². The number of nitrogens with zero attached hydrogens (tertiary/aromatic N) is 3. The Morgan fingerprint density at radius 1 is 0.736 bits per heavy atom. The summed E-state index contributed by atoms with van der Waals surface area (Å²) in [6, 6.07) is 29.9. The van der Waals surface area contributed by atoms with Gasteiger partial charge in [-0.2, -0.15) is 5.10 Å². The lowest BCUT2D eigenvalue weighted by molar-refractivity contribution is -0.157. The molecule has 12 heteroatoms. The summed E-state index contributed by atoms with van der Waals surface area (Å²) in [4.78, 5) is 41.9. The number of hydrogen-bond donors (Lipinski definition) is 3. The maximum absolute atomic E-state index is 12.9. The third kappa shape index (κ3) is 9.88. The van der Waals surface area contributed by atoms with Crippen LogP contribution in [0.3, 0.4) is 0 Å². The molecule has 0 aliphatic rings. The number of benzene rings is 4. The molecular weight excluding hydrogens is 672 g/mol. The van der Waals surface area contributed by atoms with E-state index < -0.39 is 23.3 Å². The molecule has 2 aromatic heterocycles. The summed E-state index contributed by atoms with van der Waals surface area (Å²) in [6.45, 7) is 11.0. The molecule has 0 fully saturated rings. The maximum Gasteiger partial charge on any atom is 0.407 e. The number of aromatic nitrogens is 3. The first-order valence-corrected chi connectivity index (χ1v) is 17.2. The minimum Gasteiger partial charge on any atom is -0.482 e. The van der Waals surface area contributed by atoms with Gasteiger partial charge in [0.2, 0.25) is 5.95 Å². The molecule has 0 atom stereocenters. The summed E-state index contributed by atoms with van der Waals surface area (Å²) in [7, 11) is 0. The Morgan fingerprint density at radius 2 is 1.42 bits per heavy atom. The molecule has 3 N–H and O–H groups in total. The molecule has 0 bridgehead atoms. The highest BCUT2D eigenvalue weighted by Gasteiger charge is 2.18. The van der Waals surface area contributed by atoms with Crippen molar-refractivity contribution in [2.75, 3.05) is 17.2 Å². The molecule has 0 unspecified atom stereocenters. The lowest BCUT2D eigenvalue weighted by Crippen LogP contribution is -2.32. The van der Waals surface area contributed by atoms with Gasteiger partial charge in [-0.15, -0.1) is 0 Å². The summed E-state index contributed by atoms with van der Waals surface area (Å²) in [5, 5.41) is 15.4. The van der Waals surface area contributed by atoms with Crippen LogP contribution < -0.4 is 20.7 Å². The number of rotatable bonds is 10. The van der Waals surface area contributed by atoms with Gasteiger partial charge in [-0.05, 0) is 125 Å². The fourth-order valence-corrected chi connectivity index (χ4v) is 5.38. The van der Waals surface area contributed by atoms with Crippen LogP contribution in [0.4, 0.5) is 22.1 Å². The molecule has 0 radical (unpaired) electrons. The minimum atomic E-state index is -0.578. The molecule has 0 saturated carbocycles. The molecule has 6 aromatic rings. The Labute approximate surface area is 307 Å². The van der Waals surface area contributed by atoms with E-state index in [1.165, 1.54) is 0 Å². The number of anilines is 3. The number of esters is 1. The van der Waals surface area contributed by atoms with Crippen LogP contribution in [0, 0.1) is 0 Å². The Hall–Kier alpha value is -6.43. The first kappa shape index (κ1) is 36.4. The molecule has 0 aliphatic heterocycles. The number of fused-ring (bicyclic) bond motifs is 2. The quantitative estimate of drug-likeness (QED) is 0.119. The van der Waals surface area contributed by atoms with Crippen LogP contribution in [0.5, 0.6) is 5.75 Å². The number of hydrogen-bond acceptors (Lipinski definition) is 9.